The molecule has 0 saturated heterocycles. The summed E-state index contributed by atoms with van der Waals surface area (Å²) in [5.41, 5.74) is 4.64. The zero-order valence-corrected chi connectivity index (χ0v) is 8.16. The van der Waals surface area contributed by atoms with Gasteiger partial charge in [-0.05, 0) is 6.07 Å². The number of hydrogen-bond donors (Lipinski definition) is 1. The predicted octanol–water partition coefficient (Wildman–Crippen LogP) is 2.95. The molecule has 2 nitrogen and oxygen atoms in total. The minimum atomic E-state index is -4.54. The molecule has 0 amide bonds. The summed E-state index contributed by atoms with van der Waals surface area (Å²) in [6.07, 6.45) is -4.54. The van der Waals surface area contributed by atoms with Gasteiger partial charge in [-0.15, -0.1) is 0 Å². The second kappa shape index (κ2) is 3.92. The SMILES string of the molecule is NC(c1ccc(Cl)nc1Cl)C(F)(F)F. The minimum absolute atomic E-state index is 0.0214. The van der Waals surface area contributed by atoms with Crippen molar-refractivity contribution in [3.8, 4) is 0 Å². The summed E-state index contributed by atoms with van der Waals surface area (Å²) < 4.78 is 36.5. The average molecular weight is 245 g/mol. The maximum Gasteiger partial charge on any atom is 0.407 e. The van der Waals surface area contributed by atoms with Crippen LogP contribution in [-0.4, -0.2) is 11.2 Å². The molecule has 0 fully saturated rings. The third kappa shape index (κ3) is 2.50. The van der Waals surface area contributed by atoms with Crippen molar-refractivity contribution in [2.24, 2.45) is 5.73 Å². The highest BCUT2D eigenvalue weighted by Crippen LogP contribution is 2.33. The molecule has 0 bridgehead atoms. The monoisotopic (exact) mass is 244 g/mol. The number of alkyl halides is 3. The summed E-state index contributed by atoms with van der Waals surface area (Å²) in [5.74, 6) is 0. The maximum atomic E-state index is 12.2. The molecule has 0 aliphatic heterocycles. The first-order chi connectivity index (χ1) is 6.32. The van der Waals surface area contributed by atoms with Gasteiger partial charge in [0.15, 0.2) is 0 Å². The van der Waals surface area contributed by atoms with Crippen molar-refractivity contribution in [2.45, 2.75) is 12.2 Å². The molecule has 0 saturated carbocycles. The predicted molar refractivity (Wildman–Crippen MR) is 47.2 cm³/mol. The lowest BCUT2D eigenvalue weighted by Gasteiger charge is -2.16. The molecule has 0 aliphatic carbocycles. The number of nitrogens with two attached hydrogens (primary N) is 1. The topological polar surface area (TPSA) is 38.9 Å². The number of aromatic nitrogens is 1. The lowest BCUT2D eigenvalue weighted by Crippen LogP contribution is -2.28. The Kier molecular flexibility index (Phi) is 3.24. The Morgan fingerprint density at radius 3 is 2.29 bits per heavy atom. The second-order valence-electron chi connectivity index (χ2n) is 2.53. The van der Waals surface area contributed by atoms with E-state index in [1.54, 1.807) is 0 Å². The molecule has 78 valence electrons. The highest BCUT2D eigenvalue weighted by atomic mass is 35.5. The zero-order chi connectivity index (χ0) is 10.9. The standard InChI is InChI=1S/C7H5Cl2F3N2/c8-4-2-1-3(6(9)14-4)5(13)7(10,11)12/h1-2,5H,13H2. The van der Waals surface area contributed by atoms with Crippen LogP contribution in [0.1, 0.15) is 11.6 Å². The maximum absolute atomic E-state index is 12.2. The van der Waals surface area contributed by atoms with Crippen LogP contribution in [0.25, 0.3) is 0 Å². The van der Waals surface area contributed by atoms with Crippen LogP contribution in [0.2, 0.25) is 10.3 Å². The molecule has 14 heavy (non-hydrogen) atoms. The highest BCUT2D eigenvalue weighted by Gasteiger charge is 2.39. The normalized spacial score (nSPS) is 14.1. The van der Waals surface area contributed by atoms with Gasteiger partial charge in [0.05, 0.1) is 0 Å². The van der Waals surface area contributed by atoms with Gasteiger partial charge in [0, 0.05) is 5.56 Å². The fourth-order valence-corrected chi connectivity index (χ4v) is 1.29. The van der Waals surface area contributed by atoms with Crippen LogP contribution in [-0.2, 0) is 0 Å². The molecular formula is C7H5Cl2F3N2. The molecule has 1 unspecified atom stereocenters. The Bertz CT molecular complexity index is 340. The number of pyridine rings is 1. The van der Waals surface area contributed by atoms with E-state index in [-0.39, 0.29) is 15.9 Å². The molecule has 7 heteroatoms. The minimum Gasteiger partial charge on any atom is -0.316 e. The first-order valence-electron chi connectivity index (χ1n) is 3.46. The molecule has 1 rings (SSSR count). The summed E-state index contributed by atoms with van der Waals surface area (Å²) in [4.78, 5) is 3.46. The lowest BCUT2D eigenvalue weighted by atomic mass is 10.1. The number of hydrogen-bond acceptors (Lipinski definition) is 2. The van der Waals surface area contributed by atoms with Gasteiger partial charge in [-0.3, -0.25) is 0 Å². The number of halogens is 5. The van der Waals surface area contributed by atoms with Gasteiger partial charge in [-0.1, -0.05) is 29.3 Å². The third-order valence-electron chi connectivity index (χ3n) is 1.53. The Hall–Kier alpha value is -0.520. The largest absolute Gasteiger partial charge is 0.407 e. The first-order valence-corrected chi connectivity index (χ1v) is 4.22. The van der Waals surface area contributed by atoms with Crippen molar-refractivity contribution >= 4 is 23.2 Å². The average Bonchev–Trinajstić information content (AvgIpc) is 2.01. The highest BCUT2D eigenvalue weighted by molar-refractivity contribution is 6.32. The first kappa shape index (κ1) is 11.6. The van der Waals surface area contributed by atoms with E-state index in [1.807, 2.05) is 0 Å². The second-order valence-corrected chi connectivity index (χ2v) is 3.28. The van der Waals surface area contributed by atoms with E-state index in [4.69, 9.17) is 28.9 Å². The fraction of sp³-hybridized carbons (Fsp3) is 0.286. The molecule has 1 heterocycles. The van der Waals surface area contributed by atoms with Crippen molar-refractivity contribution < 1.29 is 13.2 Å². The van der Waals surface area contributed by atoms with E-state index < -0.39 is 12.2 Å². The smallest absolute Gasteiger partial charge is 0.316 e. The molecule has 1 aromatic heterocycles. The summed E-state index contributed by atoms with van der Waals surface area (Å²) in [6.45, 7) is 0. The summed E-state index contributed by atoms with van der Waals surface area (Å²) >= 11 is 10.9. The third-order valence-corrected chi connectivity index (χ3v) is 2.04. The molecule has 0 aromatic carbocycles. The van der Waals surface area contributed by atoms with Gasteiger partial charge < -0.3 is 5.73 Å². The number of nitrogens with zero attached hydrogens (tertiary/aromatic N) is 1. The van der Waals surface area contributed by atoms with E-state index >= 15 is 0 Å². The van der Waals surface area contributed by atoms with E-state index in [0.717, 1.165) is 6.07 Å². The summed E-state index contributed by atoms with van der Waals surface area (Å²) in [7, 11) is 0. The van der Waals surface area contributed by atoms with Gasteiger partial charge >= 0.3 is 6.18 Å². The molecule has 1 aromatic rings. The van der Waals surface area contributed by atoms with Gasteiger partial charge in [-0.2, -0.15) is 13.2 Å². The van der Waals surface area contributed by atoms with Crippen LogP contribution in [0.15, 0.2) is 12.1 Å². The van der Waals surface area contributed by atoms with Crippen molar-refractivity contribution in [1.29, 1.82) is 0 Å². The molecule has 2 N–H and O–H groups in total. The van der Waals surface area contributed by atoms with E-state index in [9.17, 15) is 13.2 Å². The van der Waals surface area contributed by atoms with Crippen molar-refractivity contribution in [3.05, 3.63) is 28.0 Å². The Morgan fingerprint density at radius 1 is 1.29 bits per heavy atom. The summed E-state index contributed by atoms with van der Waals surface area (Å²) in [6, 6.07) is 0.171. The van der Waals surface area contributed by atoms with Crippen LogP contribution in [0.5, 0.6) is 0 Å². The fourth-order valence-electron chi connectivity index (χ4n) is 0.831. The van der Waals surface area contributed by atoms with Crippen LogP contribution in [0.3, 0.4) is 0 Å². The van der Waals surface area contributed by atoms with Crippen molar-refractivity contribution in [3.63, 3.8) is 0 Å². The van der Waals surface area contributed by atoms with Gasteiger partial charge in [0.2, 0.25) is 0 Å². The van der Waals surface area contributed by atoms with E-state index in [0.29, 0.717) is 0 Å². The number of rotatable bonds is 1. The summed E-state index contributed by atoms with van der Waals surface area (Å²) in [5, 5.41) is -0.310. The van der Waals surface area contributed by atoms with Crippen LogP contribution < -0.4 is 5.73 Å². The van der Waals surface area contributed by atoms with E-state index in [2.05, 4.69) is 4.98 Å². The molecule has 0 spiro atoms. The van der Waals surface area contributed by atoms with Gasteiger partial charge in [-0.25, -0.2) is 4.98 Å². The quantitative estimate of drug-likeness (QED) is 0.772. The van der Waals surface area contributed by atoms with Gasteiger partial charge in [0.25, 0.3) is 0 Å². The van der Waals surface area contributed by atoms with Crippen LogP contribution in [0.4, 0.5) is 13.2 Å². The van der Waals surface area contributed by atoms with Gasteiger partial charge in [0.1, 0.15) is 16.3 Å². The Morgan fingerprint density at radius 2 is 1.86 bits per heavy atom. The van der Waals surface area contributed by atoms with E-state index in [1.165, 1.54) is 6.07 Å². The zero-order valence-electron chi connectivity index (χ0n) is 6.65. The lowest BCUT2D eigenvalue weighted by molar-refractivity contribution is -0.149. The van der Waals surface area contributed by atoms with Crippen molar-refractivity contribution in [1.82, 2.24) is 4.98 Å². The molecule has 0 radical (unpaired) electrons. The molecule has 0 aliphatic rings. The van der Waals surface area contributed by atoms with Crippen LogP contribution in [0, 0.1) is 0 Å². The molecule has 1 atom stereocenters. The van der Waals surface area contributed by atoms with Crippen LogP contribution >= 0.6 is 23.2 Å². The Labute approximate surface area is 87.8 Å². The molecular weight excluding hydrogens is 240 g/mol. The van der Waals surface area contributed by atoms with Crippen molar-refractivity contribution in [2.75, 3.05) is 0 Å². The Balaban J connectivity index is 3.08.